The van der Waals surface area contributed by atoms with E-state index in [-0.39, 0.29) is 17.4 Å². The van der Waals surface area contributed by atoms with Crippen LogP contribution in [0.25, 0.3) is 22.2 Å². The summed E-state index contributed by atoms with van der Waals surface area (Å²) in [6, 6.07) is 13.4. The van der Waals surface area contributed by atoms with Crippen LogP contribution in [0.3, 0.4) is 0 Å². The van der Waals surface area contributed by atoms with E-state index >= 15 is 0 Å². The van der Waals surface area contributed by atoms with Crippen LogP contribution in [-0.4, -0.2) is 41.7 Å². The Morgan fingerprint density at radius 3 is 2.39 bits per heavy atom. The number of benzene rings is 1. The fourth-order valence-electron chi connectivity index (χ4n) is 4.55. The number of carbonyl (C=O) groups is 2. The monoisotopic (exact) mass is 488 g/mol. The summed E-state index contributed by atoms with van der Waals surface area (Å²) in [6.45, 7) is 7.91. The minimum atomic E-state index is -0.338. The second-order valence-corrected chi connectivity index (χ2v) is 10.9. The lowest BCUT2D eigenvalue weighted by atomic mass is 9.82. The van der Waals surface area contributed by atoms with Gasteiger partial charge in [0.05, 0.1) is 23.4 Å². The Kier molecular flexibility index (Phi) is 8.18. The number of pyridine rings is 2. The molecule has 7 heteroatoms. The molecule has 1 aliphatic carbocycles. The molecule has 2 aromatic heterocycles. The largest absolute Gasteiger partial charge is 0.449 e. The molecule has 0 aliphatic heterocycles. The first-order valence-electron chi connectivity index (χ1n) is 12.8. The maximum Gasteiger partial charge on any atom is 0.407 e. The summed E-state index contributed by atoms with van der Waals surface area (Å²) in [7, 11) is 0. The first-order chi connectivity index (χ1) is 17.3. The number of rotatable bonds is 7. The van der Waals surface area contributed by atoms with Gasteiger partial charge in [0, 0.05) is 36.4 Å². The molecule has 0 unspecified atom stereocenters. The van der Waals surface area contributed by atoms with Gasteiger partial charge in [-0.15, -0.1) is 0 Å². The predicted octanol–water partition coefficient (Wildman–Crippen LogP) is 5.61. The van der Waals surface area contributed by atoms with E-state index in [1.165, 1.54) is 0 Å². The van der Waals surface area contributed by atoms with Crippen molar-refractivity contribution in [1.29, 1.82) is 0 Å². The van der Waals surface area contributed by atoms with E-state index in [2.05, 4.69) is 36.4 Å². The van der Waals surface area contributed by atoms with Crippen LogP contribution in [0.5, 0.6) is 0 Å². The minimum Gasteiger partial charge on any atom is -0.449 e. The van der Waals surface area contributed by atoms with Gasteiger partial charge >= 0.3 is 6.09 Å². The fraction of sp³-hybridized carbons (Fsp3) is 0.448. The molecule has 2 N–H and O–H groups in total. The number of aromatic nitrogens is 2. The number of nitrogens with zero attached hydrogens (tertiary/aromatic N) is 2. The maximum atomic E-state index is 13.2. The summed E-state index contributed by atoms with van der Waals surface area (Å²) >= 11 is 0. The molecule has 1 fully saturated rings. The van der Waals surface area contributed by atoms with Crippen molar-refractivity contribution in [3.8, 4) is 11.3 Å². The number of amides is 2. The van der Waals surface area contributed by atoms with Gasteiger partial charge in [0.2, 0.25) is 0 Å². The molecular formula is C29H36N4O3. The molecule has 0 saturated heterocycles. The van der Waals surface area contributed by atoms with Crippen molar-refractivity contribution < 1.29 is 14.3 Å². The van der Waals surface area contributed by atoms with Crippen LogP contribution in [0.1, 0.15) is 56.8 Å². The number of alkyl carbamates (subject to hydrolysis) is 1. The second kappa shape index (κ2) is 11.5. The van der Waals surface area contributed by atoms with Crippen molar-refractivity contribution in [2.75, 3.05) is 19.7 Å². The molecule has 0 bridgehead atoms. The molecule has 1 aromatic carbocycles. The third-order valence-corrected chi connectivity index (χ3v) is 6.67. The number of nitrogens with one attached hydrogen (secondary N) is 2. The molecule has 0 atom stereocenters. The van der Waals surface area contributed by atoms with Crippen LogP contribution < -0.4 is 10.6 Å². The van der Waals surface area contributed by atoms with Gasteiger partial charge in [-0.2, -0.15) is 0 Å². The summed E-state index contributed by atoms with van der Waals surface area (Å²) in [5.41, 5.74) is 3.15. The zero-order valence-electron chi connectivity index (χ0n) is 21.4. The van der Waals surface area contributed by atoms with E-state index in [0.717, 1.165) is 47.8 Å². The number of hydrogen-bond acceptors (Lipinski definition) is 5. The smallest absolute Gasteiger partial charge is 0.407 e. The summed E-state index contributed by atoms with van der Waals surface area (Å²) in [5, 5.41) is 6.84. The molecule has 36 heavy (non-hydrogen) atoms. The van der Waals surface area contributed by atoms with Gasteiger partial charge in [0.1, 0.15) is 0 Å². The standard InChI is InChI=1S/C29H36N4O3/c1-29(2,3)19-32-28(35)36-18-21-10-8-20(9-11-21)17-31-27(34)24-16-26(22-12-14-30-15-13-22)33-25-7-5-4-6-23(24)25/h4-7,12-16,20-21H,8-11,17-19H2,1-3H3,(H,31,34)(H,32,35). The first-order valence-corrected chi connectivity index (χ1v) is 12.8. The number of carbonyl (C=O) groups excluding carboxylic acids is 2. The molecule has 1 aliphatic rings. The van der Waals surface area contributed by atoms with Crippen LogP contribution >= 0.6 is 0 Å². The zero-order valence-corrected chi connectivity index (χ0v) is 21.4. The molecule has 7 nitrogen and oxygen atoms in total. The molecule has 3 aromatic rings. The van der Waals surface area contributed by atoms with Crippen LogP contribution in [0.15, 0.2) is 54.9 Å². The van der Waals surface area contributed by atoms with Crippen LogP contribution in [0.2, 0.25) is 0 Å². The van der Waals surface area contributed by atoms with Gasteiger partial charge < -0.3 is 15.4 Å². The van der Waals surface area contributed by atoms with Crippen molar-refractivity contribution in [3.63, 3.8) is 0 Å². The molecule has 0 radical (unpaired) electrons. The SMILES string of the molecule is CC(C)(C)CNC(=O)OCC1CCC(CNC(=O)c2cc(-c3ccncc3)nc3ccccc23)CC1. The number of para-hydroxylation sites is 1. The quantitative estimate of drug-likeness (QED) is 0.451. The number of hydrogen-bond donors (Lipinski definition) is 2. The maximum absolute atomic E-state index is 13.2. The van der Waals surface area contributed by atoms with Gasteiger partial charge in [-0.1, -0.05) is 39.0 Å². The van der Waals surface area contributed by atoms with Crippen molar-refractivity contribution in [2.45, 2.75) is 46.5 Å². The second-order valence-electron chi connectivity index (χ2n) is 10.9. The number of ether oxygens (including phenoxy) is 1. The first kappa shape index (κ1) is 25.6. The highest BCUT2D eigenvalue weighted by Gasteiger charge is 2.24. The van der Waals surface area contributed by atoms with Gasteiger partial charge in [-0.3, -0.25) is 9.78 Å². The molecule has 190 valence electrons. The predicted molar refractivity (Wildman–Crippen MR) is 142 cm³/mol. The van der Waals surface area contributed by atoms with Crippen molar-refractivity contribution in [1.82, 2.24) is 20.6 Å². The van der Waals surface area contributed by atoms with E-state index < -0.39 is 0 Å². The summed E-state index contributed by atoms with van der Waals surface area (Å²) < 4.78 is 5.43. The van der Waals surface area contributed by atoms with E-state index in [1.807, 2.05) is 42.5 Å². The van der Waals surface area contributed by atoms with Crippen molar-refractivity contribution in [2.24, 2.45) is 17.3 Å². The molecular weight excluding hydrogens is 452 g/mol. The summed E-state index contributed by atoms with van der Waals surface area (Å²) in [5.74, 6) is 0.724. The summed E-state index contributed by atoms with van der Waals surface area (Å²) in [6.07, 6.45) is 7.14. The van der Waals surface area contributed by atoms with E-state index in [0.29, 0.717) is 37.1 Å². The lowest BCUT2D eigenvalue weighted by molar-refractivity contribution is 0.0922. The summed E-state index contributed by atoms with van der Waals surface area (Å²) in [4.78, 5) is 34.0. The molecule has 2 heterocycles. The molecule has 0 spiro atoms. The lowest BCUT2D eigenvalue weighted by Gasteiger charge is -2.28. The lowest BCUT2D eigenvalue weighted by Crippen LogP contribution is -2.34. The van der Waals surface area contributed by atoms with Crippen molar-refractivity contribution in [3.05, 3.63) is 60.4 Å². The Hall–Kier alpha value is -3.48. The van der Waals surface area contributed by atoms with Gasteiger partial charge in [0.15, 0.2) is 0 Å². The zero-order chi connectivity index (χ0) is 25.5. The Morgan fingerprint density at radius 1 is 0.972 bits per heavy atom. The van der Waals surface area contributed by atoms with Gasteiger partial charge in [0.25, 0.3) is 5.91 Å². The van der Waals surface area contributed by atoms with Crippen LogP contribution in [0.4, 0.5) is 4.79 Å². The Morgan fingerprint density at radius 2 is 1.67 bits per heavy atom. The highest BCUT2D eigenvalue weighted by molar-refractivity contribution is 6.07. The fourth-order valence-corrected chi connectivity index (χ4v) is 4.55. The minimum absolute atomic E-state index is 0.0324. The van der Waals surface area contributed by atoms with Crippen LogP contribution in [-0.2, 0) is 4.74 Å². The molecule has 2 amide bonds. The van der Waals surface area contributed by atoms with Crippen LogP contribution in [0, 0.1) is 17.3 Å². The molecule has 1 saturated carbocycles. The Balaban J connectivity index is 1.30. The van der Waals surface area contributed by atoms with E-state index in [4.69, 9.17) is 9.72 Å². The highest BCUT2D eigenvalue weighted by Crippen LogP contribution is 2.29. The highest BCUT2D eigenvalue weighted by atomic mass is 16.5. The Labute approximate surface area is 213 Å². The van der Waals surface area contributed by atoms with Crippen molar-refractivity contribution >= 4 is 22.9 Å². The average Bonchev–Trinajstić information content (AvgIpc) is 2.89. The topological polar surface area (TPSA) is 93.2 Å². The van der Waals surface area contributed by atoms with E-state index in [9.17, 15) is 9.59 Å². The normalized spacial score (nSPS) is 18.0. The Bertz CT molecular complexity index is 1180. The van der Waals surface area contributed by atoms with E-state index in [1.54, 1.807) is 12.4 Å². The number of fused-ring (bicyclic) bond motifs is 1. The van der Waals surface area contributed by atoms with Gasteiger partial charge in [-0.25, -0.2) is 9.78 Å². The van der Waals surface area contributed by atoms with Gasteiger partial charge in [-0.05, 0) is 67.2 Å². The average molecular weight is 489 g/mol. The third kappa shape index (κ3) is 7.03. The molecule has 4 rings (SSSR count). The third-order valence-electron chi connectivity index (χ3n) is 6.67.